The van der Waals surface area contributed by atoms with E-state index in [4.69, 9.17) is 5.73 Å². The number of hydrogen-bond donors (Lipinski definition) is 2. The number of nitrogens with two attached hydrogens (primary N) is 1. The molecule has 1 fully saturated rings. The summed E-state index contributed by atoms with van der Waals surface area (Å²) < 4.78 is 0. The van der Waals surface area contributed by atoms with Crippen LogP contribution in [0.3, 0.4) is 0 Å². The molecular formula is C13H21N3O. The van der Waals surface area contributed by atoms with E-state index in [0.29, 0.717) is 5.82 Å². The molecule has 0 spiro atoms. The molecule has 0 radical (unpaired) electrons. The number of nitrogen functional groups attached to an aromatic ring is 1. The van der Waals surface area contributed by atoms with Crippen molar-refractivity contribution in [2.45, 2.75) is 38.3 Å². The molecule has 2 heterocycles. The molecular weight excluding hydrogens is 214 g/mol. The quantitative estimate of drug-likeness (QED) is 0.835. The van der Waals surface area contributed by atoms with Crippen LogP contribution in [0.4, 0.5) is 5.82 Å². The van der Waals surface area contributed by atoms with Gasteiger partial charge in [0.2, 0.25) is 0 Å². The summed E-state index contributed by atoms with van der Waals surface area (Å²) in [6.45, 7) is 6.22. The summed E-state index contributed by atoms with van der Waals surface area (Å²) in [6.07, 6.45) is 3.46. The maximum absolute atomic E-state index is 10.5. The van der Waals surface area contributed by atoms with Gasteiger partial charge in [0.1, 0.15) is 11.9 Å². The van der Waals surface area contributed by atoms with E-state index in [2.05, 4.69) is 23.7 Å². The normalized spacial score (nSPS) is 19.5. The summed E-state index contributed by atoms with van der Waals surface area (Å²) in [7, 11) is 0. The van der Waals surface area contributed by atoms with Crippen LogP contribution >= 0.6 is 0 Å². The highest BCUT2D eigenvalue weighted by atomic mass is 16.3. The Kier molecular flexibility index (Phi) is 3.35. The molecule has 2 rings (SSSR count). The zero-order valence-corrected chi connectivity index (χ0v) is 10.6. The first kappa shape index (κ1) is 12.3. The van der Waals surface area contributed by atoms with Crippen molar-refractivity contribution in [1.82, 2.24) is 9.88 Å². The Labute approximate surface area is 102 Å². The van der Waals surface area contributed by atoms with Gasteiger partial charge in [-0.15, -0.1) is 0 Å². The number of rotatable bonds is 3. The van der Waals surface area contributed by atoms with E-state index in [1.807, 2.05) is 12.1 Å². The summed E-state index contributed by atoms with van der Waals surface area (Å²) >= 11 is 0. The number of nitrogens with zero attached hydrogens (tertiary/aromatic N) is 2. The molecule has 4 nitrogen and oxygen atoms in total. The lowest BCUT2D eigenvalue weighted by molar-refractivity contribution is 0.00160. The molecule has 0 aliphatic carbocycles. The van der Waals surface area contributed by atoms with E-state index in [1.54, 1.807) is 6.20 Å². The van der Waals surface area contributed by atoms with E-state index in [0.717, 1.165) is 18.7 Å². The van der Waals surface area contributed by atoms with Gasteiger partial charge in [0.25, 0.3) is 0 Å². The molecule has 4 heteroatoms. The van der Waals surface area contributed by atoms with Crippen LogP contribution in [0.5, 0.6) is 0 Å². The predicted molar refractivity (Wildman–Crippen MR) is 68.5 cm³/mol. The first-order chi connectivity index (χ1) is 8.03. The second-order valence-corrected chi connectivity index (χ2v) is 5.23. The number of aliphatic hydroxyl groups is 1. The van der Waals surface area contributed by atoms with Crippen molar-refractivity contribution < 1.29 is 5.11 Å². The third kappa shape index (κ3) is 2.28. The van der Waals surface area contributed by atoms with Gasteiger partial charge in [-0.2, -0.15) is 0 Å². The lowest BCUT2D eigenvalue weighted by atomic mass is 9.90. The van der Waals surface area contributed by atoms with Gasteiger partial charge in [0, 0.05) is 17.3 Å². The van der Waals surface area contributed by atoms with Crippen LogP contribution in [0, 0.1) is 0 Å². The lowest BCUT2D eigenvalue weighted by Crippen LogP contribution is -2.47. The summed E-state index contributed by atoms with van der Waals surface area (Å²) in [5.74, 6) is 0.423. The Balaban J connectivity index is 2.24. The Morgan fingerprint density at radius 1 is 1.41 bits per heavy atom. The number of aromatic nitrogens is 1. The lowest BCUT2D eigenvalue weighted by Gasteiger charge is -2.39. The minimum absolute atomic E-state index is 0.298. The second kappa shape index (κ2) is 4.63. The van der Waals surface area contributed by atoms with Crippen LogP contribution in [-0.4, -0.2) is 33.6 Å². The van der Waals surface area contributed by atoms with Crippen LogP contribution < -0.4 is 5.73 Å². The molecule has 17 heavy (non-hydrogen) atoms. The Hall–Kier alpha value is -1.13. The molecule has 1 aromatic heterocycles. The van der Waals surface area contributed by atoms with E-state index in [9.17, 15) is 5.11 Å². The van der Waals surface area contributed by atoms with Crippen molar-refractivity contribution in [1.29, 1.82) is 0 Å². The third-order valence-corrected chi connectivity index (χ3v) is 3.76. The van der Waals surface area contributed by atoms with Gasteiger partial charge in [-0.1, -0.05) is 6.07 Å². The summed E-state index contributed by atoms with van der Waals surface area (Å²) in [4.78, 5) is 6.36. The standard InChI is InChI=1S/C13H21N3O/c1-13(2,16-8-3-4-9-16)11(17)10-6-5-7-15-12(10)14/h5-7,11,17H,3-4,8-9H2,1-2H3,(H2,14,15). The highest BCUT2D eigenvalue weighted by Crippen LogP contribution is 2.34. The summed E-state index contributed by atoms with van der Waals surface area (Å²) in [5.41, 5.74) is 6.26. The summed E-state index contributed by atoms with van der Waals surface area (Å²) in [5, 5.41) is 10.5. The number of anilines is 1. The average molecular weight is 235 g/mol. The van der Waals surface area contributed by atoms with Crippen LogP contribution in [0.2, 0.25) is 0 Å². The van der Waals surface area contributed by atoms with Crippen molar-refractivity contribution in [2.24, 2.45) is 0 Å². The molecule has 1 saturated heterocycles. The van der Waals surface area contributed by atoms with Crippen LogP contribution in [0.25, 0.3) is 0 Å². The van der Waals surface area contributed by atoms with E-state index >= 15 is 0 Å². The number of likely N-dealkylation sites (tertiary alicyclic amines) is 1. The van der Waals surface area contributed by atoms with Gasteiger partial charge in [0.05, 0.1) is 0 Å². The second-order valence-electron chi connectivity index (χ2n) is 5.23. The fourth-order valence-corrected chi connectivity index (χ4v) is 2.51. The van der Waals surface area contributed by atoms with Gasteiger partial charge in [-0.3, -0.25) is 4.90 Å². The van der Waals surface area contributed by atoms with Crippen molar-refractivity contribution in [3.8, 4) is 0 Å². The molecule has 0 bridgehead atoms. The Bertz CT molecular complexity index is 386. The topological polar surface area (TPSA) is 62.4 Å². The van der Waals surface area contributed by atoms with Gasteiger partial charge in [0.15, 0.2) is 0 Å². The minimum atomic E-state index is -0.603. The third-order valence-electron chi connectivity index (χ3n) is 3.76. The van der Waals surface area contributed by atoms with E-state index in [1.165, 1.54) is 12.8 Å². The average Bonchev–Trinajstić information content (AvgIpc) is 2.83. The Morgan fingerprint density at radius 2 is 2.06 bits per heavy atom. The molecule has 1 aliphatic rings. The van der Waals surface area contributed by atoms with Gasteiger partial charge in [-0.05, 0) is 45.8 Å². The molecule has 1 aliphatic heterocycles. The molecule has 3 N–H and O–H groups in total. The highest BCUT2D eigenvalue weighted by molar-refractivity contribution is 5.41. The van der Waals surface area contributed by atoms with Gasteiger partial charge >= 0.3 is 0 Å². The molecule has 1 atom stereocenters. The van der Waals surface area contributed by atoms with Crippen LogP contribution in [0.15, 0.2) is 18.3 Å². The van der Waals surface area contributed by atoms with E-state index in [-0.39, 0.29) is 5.54 Å². The van der Waals surface area contributed by atoms with Gasteiger partial charge in [-0.25, -0.2) is 4.98 Å². The fraction of sp³-hybridized carbons (Fsp3) is 0.615. The molecule has 1 unspecified atom stereocenters. The van der Waals surface area contributed by atoms with Crippen LogP contribution in [-0.2, 0) is 0 Å². The fourth-order valence-electron chi connectivity index (χ4n) is 2.51. The maximum Gasteiger partial charge on any atom is 0.129 e. The maximum atomic E-state index is 10.5. The first-order valence-corrected chi connectivity index (χ1v) is 6.17. The monoisotopic (exact) mass is 235 g/mol. The van der Waals surface area contributed by atoms with E-state index < -0.39 is 6.10 Å². The van der Waals surface area contributed by atoms with Crippen molar-refractivity contribution in [2.75, 3.05) is 18.8 Å². The first-order valence-electron chi connectivity index (χ1n) is 6.17. The molecule has 0 amide bonds. The SMILES string of the molecule is CC(C)(C(O)c1cccnc1N)N1CCCC1. The predicted octanol–water partition coefficient (Wildman–Crippen LogP) is 1.57. The van der Waals surface area contributed by atoms with Crippen LogP contribution in [0.1, 0.15) is 38.4 Å². The number of hydrogen-bond acceptors (Lipinski definition) is 4. The van der Waals surface area contributed by atoms with Gasteiger partial charge < -0.3 is 10.8 Å². The largest absolute Gasteiger partial charge is 0.386 e. The zero-order valence-electron chi connectivity index (χ0n) is 10.6. The number of aliphatic hydroxyl groups excluding tert-OH is 1. The molecule has 1 aromatic rings. The Morgan fingerprint density at radius 3 is 2.65 bits per heavy atom. The molecule has 0 aromatic carbocycles. The van der Waals surface area contributed by atoms with Crippen molar-refractivity contribution >= 4 is 5.82 Å². The van der Waals surface area contributed by atoms with Crippen molar-refractivity contribution in [3.63, 3.8) is 0 Å². The summed E-state index contributed by atoms with van der Waals surface area (Å²) in [6, 6.07) is 3.67. The highest BCUT2D eigenvalue weighted by Gasteiger charge is 2.37. The minimum Gasteiger partial charge on any atom is -0.386 e. The smallest absolute Gasteiger partial charge is 0.129 e. The molecule has 94 valence electrons. The zero-order chi connectivity index (χ0) is 12.5. The number of pyridine rings is 1. The van der Waals surface area contributed by atoms with Crippen molar-refractivity contribution in [3.05, 3.63) is 23.9 Å². The molecule has 0 saturated carbocycles.